The highest BCUT2D eigenvalue weighted by molar-refractivity contribution is 7.11. The summed E-state index contributed by atoms with van der Waals surface area (Å²) >= 11 is 1.26. The van der Waals surface area contributed by atoms with Crippen molar-refractivity contribution in [3.63, 3.8) is 0 Å². The average Bonchev–Trinajstić information content (AvgIpc) is 3.03. The number of ether oxygens (including phenoxy) is 1. The van der Waals surface area contributed by atoms with Gasteiger partial charge in [-0.3, -0.25) is 0 Å². The van der Waals surface area contributed by atoms with Gasteiger partial charge in [0.05, 0.1) is 6.93 Å². The lowest BCUT2D eigenvalue weighted by molar-refractivity contribution is 0.300. The molecule has 0 amide bonds. The zero-order chi connectivity index (χ0) is 16.0. The van der Waals surface area contributed by atoms with Crippen molar-refractivity contribution >= 4 is 11.3 Å². The fraction of sp³-hybridized carbons (Fsp3) is 0.385. The SMILES string of the molecule is [3H]c1csc(OCc2c(-n3nnn(C)c3=O)coc2C2CC2)n1. The Labute approximate surface area is 130 Å². The topological polar surface area (TPSA) is 88.0 Å². The lowest BCUT2D eigenvalue weighted by Crippen LogP contribution is -2.22. The zero-order valence-electron chi connectivity index (χ0n) is 12.7. The molecule has 1 fully saturated rings. The van der Waals surface area contributed by atoms with E-state index in [1.54, 1.807) is 5.38 Å². The van der Waals surface area contributed by atoms with Crippen molar-refractivity contribution in [2.75, 3.05) is 0 Å². The van der Waals surface area contributed by atoms with Crippen molar-refractivity contribution in [2.45, 2.75) is 25.4 Å². The van der Waals surface area contributed by atoms with Crippen molar-refractivity contribution < 1.29 is 10.5 Å². The lowest BCUT2D eigenvalue weighted by Gasteiger charge is -2.05. The highest BCUT2D eigenvalue weighted by Crippen LogP contribution is 2.43. The average molecular weight is 321 g/mol. The molecule has 22 heavy (non-hydrogen) atoms. The molecule has 0 bridgehead atoms. The summed E-state index contributed by atoms with van der Waals surface area (Å²) in [5, 5.41) is 9.59. The van der Waals surface area contributed by atoms with Gasteiger partial charge in [-0.1, -0.05) is 11.3 Å². The maximum absolute atomic E-state index is 12.1. The first-order valence-electron chi connectivity index (χ1n) is 7.28. The number of thiazole rings is 1. The molecule has 3 aromatic heterocycles. The van der Waals surface area contributed by atoms with Crippen LogP contribution in [0.3, 0.4) is 0 Å². The summed E-state index contributed by atoms with van der Waals surface area (Å²) in [6, 6.07) is 0. The van der Waals surface area contributed by atoms with E-state index in [2.05, 4.69) is 15.4 Å². The minimum Gasteiger partial charge on any atom is -0.466 e. The molecule has 114 valence electrons. The van der Waals surface area contributed by atoms with Gasteiger partial charge in [0.2, 0.25) is 0 Å². The van der Waals surface area contributed by atoms with E-state index in [0.717, 1.165) is 28.8 Å². The van der Waals surface area contributed by atoms with Crippen molar-refractivity contribution in [3.8, 4) is 10.9 Å². The van der Waals surface area contributed by atoms with Gasteiger partial charge in [0.15, 0.2) is 0 Å². The van der Waals surface area contributed by atoms with E-state index in [4.69, 9.17) is 10.5 Å². The third-order valence-electron chi connectivity index (χ3n) is 3.51. The smallest absolute Gasteiger partial charge is 0.368 e. The minimum atomic E-state index is -0.350. The lowest BCUT2D eigenvalue weighted by atomic mass is 10.2. The van der Waals surface area contributed by atoms with Crippen molar-refractivity contribution in [1.29, 1.82) is 0 Å². The molecule has 0 atom stereocenters. The second kappa shape index (κ2) is 5.09. The van der Waals surface area contributed by atoms with Crippen molar-refractivity contribution in [3.05, 3.63) is 39.6 Å². The molecule has 8 nitrogen and oxygen atoms in total. The van der Waals surface area contributed by atoms with Crippen LogP contribution in [0.5, 0.6) is 5.19 Å². The molecule has 0 N–H and O–H groups in total. The number of hydrogen-bond donors (Lipinski definition) is 0. The third-order valence-corrected chi connectivity index (χ3v) is 4.14. The summed E-state index contributed by atoms with van der Waals surface area (Å²) in [7, 11) is 1.54. The Kier molecular flexibility index (Phi) is 2.81. The summed E-state index contributed by atoms with van der Waals surface area (Å²) < 4.78 is 21.1. The molecule has 1 aliphatic carbocycles. The molecule has 1 saturated carbocycles. The molecular formula is C13H13N5O3S. The van der Waals surface area contributed by atoms with E-state index in [9.17, 15) is 4.79 Å². The van der Waals surface area contributed by atoms with Gasteiger partial charge < -0.3 is 9.15 Å². The van der Waals surface area contributed by atoms with Crippen LogP contribution in [0.1, 0.15) is 31.5 Å². The van der Waals surface area contributed by atoms with Gasteiger partial charge in [-0.15, -0.1) is 0 Å². The van der Waals surface area contributed by atoms with Gasteiger partial charge in [-0.05, 0) is 23.3 Å². The van der Waals surface area contributed by atoms with Crippen LogP contribution in [0.4, 0.5) is 0 Å². The Balaban J connectivity index is 1.69. The molecule has 0 aliphatic heterocycles. The van der Waals surface area contributed by atoms with E-state index in [1.165, 1.54) is 29.3 Å². The van der Waals surface area contributed by atoms with Gasteiger partial charge in [-0.2, -0.15) is 9.36 Å². The molecule has 4 rings (SSSR count). The predicted molar refractivity (Wildman–Crippen MR) is 77.3 cm³/mol. The molecule has 3 aromatic rings. The fourth-order valence-corrected chi connectivity index (χ4v) is 2.68. The monoisotopic (exact) mass is 321 g/mol. The highest BCUT2D eigenvalue weighted by Gasteiger charge is 2.32. The van der Waals surface area contributed by atoms with E-state index in [-0.39, 0.29) is 18.5 Å². The quantitative estimate of drug-likeness (QED) is 0.707. The zero-order valence-corrected chi connectivity index (χ0v) is 12.5. The summed E-state index contributed by atoms with van der Waals surface area (Å²) in [5.74, 6) is 1.18. The van der Waals surface area contributed by atoms with E-state index >= 15 is 0 Å². The number of aromatic nitrogens is 5. The summed E-state index contributed by atoms with van der Waals surface area (Å²) in [4.78, 5) is 16.0. The molecular weight excluding hydrogens is 306 g/mol. The van der Waals surface area contributed by atoms with Crippen LogP contribution in [-0.4, -0.2) is 24.8 Å². The maximum Gasteiger partial charge on any atom is 0.368 e. The normalized spacial score (nSPS) is 15.0. The van der Waals surface area contributed by atoms with Crippen LogP contribution in [0, 0.1) is 0 Å². The summed E-state index contributed by atoms with van der Waals surface area (Å²) in [6.45, 7) is 0.202. The molecule has 0 saturated heterocycles. The van der Waals surface area contributed by atoms with Crippen LogP contribution >= 0.6 is 11.3 Å². The van der Waals surface area contributed by atoms with Gasteiger partial charge in [-0.25, -0.2) is 9.78 Å². The number of tetrazole rings is 1. The first kappa shape index (κ1) is 12.2. The number of aryl methyl sites for hydroxylation is 1. The Hall–Kier alpha value is -2.42. The van der Waals surface area contributed by atoms with Crippen molar-refractivity contribution in [1.82, 2.24) is 24.8 Å². The first-order chi connectivity index (χ1) is 11.1. The van der Waals surface area contributed by atoms with E-state index in [1.807, 2.05) is 0 Å². The van der Waals surface area contributed by atoms with Crippen LogP contribution < -0.4 is 10.4 Å². The van der Waals surface area contributed by atoms with Crippen LogP contribution in [0.25, 0.3) is 5.69 Å². The second-order valence-electron chi connectivity index (χ2n) is 5.07. The fourth-order valence-electron chi connectivity index (χ4n) is 2.25. The van der Waals surface area contributed by atoms with E-state index < -0.39 is 0 Å². The molecule has 3 heterocycles. The van der Waals surface area contributed by atoms with Gasteiger partial charge in [0.25, 0.3) is 5.19 Å². The second-order valence-corrected chi connectivity index (χ2v) is 5.89. The number of furan rings is 1. The van der Waals surface area contributed by atoms with Crippen LogP contribution in [-0.2, 0) is 13.7 Å². The third kappa shape index (κ3) is 2.23. The Bertz CT molecular complexity index is 907. The van der Waals surface area contributed by atoms with Crippen LogP contribution in [0.2, 0.25) is 0 Å². The van der Waals surface area contributed by atoms with Gasteiger partial charge >= 0.3 is 5.69 Å². The van der Waals surface area contributed by atoms with Gasteiger partial charge in [0, 0.05) is 24.5 Å². The largest absolute Gasteiger partial charge is 0.466 e. The number of rotatable bonds is 5. The Morgan fingerprint density at radius 1 is 1.55 bits per heavy atom. The predicted octanol–water partition coefficient (Wildman–Crippen LogP) is 1.47. The molecule has 0 radical (unpaired) electrons. The summed E-state index contributed by atoms with van der Waals surface area (Å²) in [6.07, 6.45) is 3.80. The van der Waals surface area contributed by atoms with Crippen LogP contribution in [0.15, 0.2) is 27.0 Å². The highest BCUT2D eigenvalue weighted by atomic mass is 32.1. The molecule has 0 unspecified atom stereocenters. The van der Waals surface area contributed by atoms with Crippen molar-refractivity contribution in [2.24, 2.45) is 7.05 Å². The first-order valence-corrected chi connectivity index (χ1v) is 7.66. The standard InChI is InChI=1S/C13H13N5O3S/c1-17-13(19)18(16-15-17)10-7-20-11(8-2-3-8)9(10)6-21-12-14-4-5-22-12/h4-5,7-8H,2-3,6H2,1H3/i4T. The maximum atomic E-state index is 12.1. The van der Waals surface area contributed by atoms with E-state index in [0.29, 0.717) is 16.8 Å². The molecule has 1 aliphatic rings. The Morgan fingerprint density at radius 2 is 2.41 bits per heavy atom. The van der Waals surface area contributed by atoms with Gasteiger partial charge in [0.1, 0.15) is 24.3 Å². The number of nitrogens with zero attached hydrogens (tertiary/aromatic N) is 5. The molecule has 0 aromatic carbocycles. The molecule has 0 spiro atoms. The Morgan fingerprint density at radius 3 is 3.05 bits per heavy atom. The minimum absolute atomic E-state index is 0.171. The molecule has 9 heteroatoms. The number of hydrogen-bond acceptors (Lipinski definition) is 7. The summed E-state index contributed by atoms with van der Waals surface area (Å²) in [5.41, 5.74) is 0.960.